The molecule has 0 radical (unpaired) electrons. The van der Waals surface area contributed by atoms with Gasteiger partial charge in [0.15, 0.2) is 5.82 Å². The van der Waals surface area contributed by atoms with Crippen LogP contribution in [0, 0.1) is 0 Å². The largest absolute Gasteiger partial charge is 0.247 e. The van der Waals surface area contributed by atoms with Crippen molar-refractivity contribution in [3.8, 4) is 67.4 Å². The quantitative estimate of drug-likeness (QED) is 0.181. The number of benzene rings is 8. The van der Waals surface area contributed by atoms with Gasteiger partial charge < -0.3 is 0 Å². The molecule has 57 heavy (non-hydrogen) atoms. The lowest BCUT2D eigenvalue weighted by Gasteiger charge is -2.31. The molecule has 2 aliphatic carbocycles. The fourth-order valence-corrected chi connectivity index (χ4v) is 9.66. The number of aromatic nitrogens is 3. The number of pyridine rings is 1. The maximum absolute atomic E-state index is 5.61. The van der Waals surface area contributed by atoms with Gasteiger partial charge in [-0.2, -0.15) is 0 Å². The van der Waals surface area contributed by atoms with E-state index in [9.17, 15) is 0 Å². The first-order valence-electron chi connectivity index (χ1n) is 19.5. The summed E-state index contributed by atoms with van der Waals surface area (Å²) in [5, 5.41) is 3.45. The van der Waals surface area contributed by atoms with Gasteiger partial charge in [0.1, 0.15) is 0 Å². The van der Waals surface area contributed by atoms with Gasteiger partial charge in [0.2, 0.25) is 0 Å². The Kier molecular flexibility index (Phi) is 6.84. The number of para-hydroxylation sites is 1. The molecule has 1 unspecified atom stereocenters. The third-order valence-electron chi connectivity index (χ3n) is 12.1. The van der Waals surface area contributed by atoms with Crippen LogP contribution in [0.3, 0.4) is 0 Å². The maximum Gasteiger partial charge on any atom is 0.160 e. The minimum Gasteiger partial charge on any atom is -0.247 e. The van der Waals surface area contributed by atoms with Crippen LogP contribution in [-0.4, -0.2) is 15.0 Å². The molecule has 0 saturated carbocycles. The third-order valence-corrected chi connectivity index (χ3v) is 12.1. The van der Waals surface area contributed by atoms with Crippen LogP contribution in [0.2, 0.25) is 0 Å². The number of rotatable bonds is 4. The van der Waals surface area contributed by atoms with Gasteiger partial charge in [0.05, 0.1) is 28.0 Å². The highest BCUT2D eigenvalue weighted by molar-refractivity contribution is 6.07. The summed E-state index contributed by atoms with van der Waals surface area (Å²) < 4.78 is 0. The van der Waals surface area contributed by atoms with Crippen LogP contribution in [0.4, 0.5) is 0 Å². The minimum absolute atomic E-state index is 0.539. The standard InChI is InChI=1S/C54H33N3/c1-3-15-35(16-4-1)50-42-21-8-7-20-41(42)49-52(56-50)43-22-10-13-25-46(43)54(49)45-24-12-9-19-39(45)40-32-31-38(33-47(40)54)34-27-29-37(30-28-34)53-55-48-26-14-11-23-44(48)51(57-53)36-17-5-2-6-18-36/h1-33H. The van der Waals surface area contributed by atoms with Gasteiger partial charge in [-0.3, -0.25) is 0 Å². The third kappa shape index (κ3) is 4.57. The molecule has 3 heteroatoms. The topological polar surface area (TPSA) is 38.7 Å². The fraction of sp³-hybridized carbons (Fsp3) is 0.0185. The first kappa shape index (κ1) is 31.8. The van der Waals surface area contributed by atoms with E-state index in [1.54, 1.807) is 0 Å². The van der Waals surface area contributed by atoms with E-state index in [2.05, 4.69) is 188 Å². The van der Waals surface area contributed by atoms with E-state index in [4.69, 9.17) is 15.0 Å². The molecule has 3 nitrogen and oxygen atoms in total. The summed E-state index contributed by atoms with van der Waals surface area (Å²) in [6.07, 6.45) is 0. The summed E-state index contributed by atoms with van der Waals surface area (Å²) in [6, 6.07) is 71.8. The van der Waals surface area contributed by atoms with Gasteiger partial charge in [-0.15, -0.1) is 0 Å². The molecule has 2 aliphatic rings. The zero-order valence-corrected chi connectivity index (χ0v) is 30.9. The number of fused-ring (bicyclic) bond motifs is 13. The lowest BCUT2D eigenvalue weighted by atomic mass is 9.69. The lowest BCUT2D eigenvalue weighted by molar-refractivity contribution is 0.800. The van der Waals surface area contributed by atoms with Crippen LogP contribution >= 0.6 is 0 Å². The average molecular weight is 724 g/mol. The van der Waals surface area contributed by atoms with Crippen molar-refractivity contribution in [2.24, 2.45) is 0 Å². The van der Waals surface area contributed by atoms with Crippen LogP contribution in [-0.2, 0) is 5.41 Å². The normalized spacial score (nSPS) is 14.7. The summed E-state index contributed by atoms with van der Waals surface area (Å²) in [5.41, 5.74) is 17.8. The van der Waals surface area contributed by atoms with Crippen molar-refractivity contribution in [3.05, 3.63) is 222 Å². The molecular weight excluding hydrogens is 691 g/mol. The zero-order valence-electron chi connectivity index (χ0n) is 30.9. The summed E-state index contributed by atoms with van der Waals surface area (Å²) >= 11 is 0. The predicted octanol–water partition coefficient (Wildman–Crippen LogP) is 13.2. The number of nitrogens with zero attached hydrogens (tertiary/aromatic N) is 3. The molecule has 1 atom stereocenters. The molecule has 264 valence electrons. The van der Waals surface area contributed by atoms with Crippen molar-refractivity contribution < 1.29 is 0 Å². The second-order valence-corrected chi connectivity index (χ2v) is 15.1. The van der Waals surface area contributed by atoms with Crippen LogP contribution in [0.15, 0.2) is 200 Å². The molecule has 10 aromatic rings. The Morgan fingerprint density at radius 3 is 1.56 bits per heavy atom. The summed E-state index contributed by atoms with van der Waals surface area (Å²) in [7, 11) is 0. The van der Waals surface area contributed by atoms with E-state index in [1.165, 1.54) is 55.3 Å². The van der Waals surface area contributed by atoms with E-state index in [1.807, 2.05) is 12.1 Å². The highest BCUT2D eigenvalue weighted by Crippen LogP contribution is 2.64. The molecule has 0 bridgehead atoms. The Morgan fingerprint density at radius 2 is 0.825 bits per heavy atom. The van der Waals surface area contributed by atoms with Crippen LogP contribution < -0.4 is 0 Å². The predicted molar refractivity (Wildman–Crippen MR) is 233 cm³/mol. The van der Waals surface area contributed by atoms with Crippen molar-refractivity contribution in [2.45, 2.75) is 5.41 Å². The van der Waals surface area contributed by atoms with E-state index >= 15 is 0 Å². The second kappa shape index (κ2) is 12.3. The highest BCUT2D eigenvalue weighted by Gasteiger charge is 2.53. The maximum atomic E-state index is 5.61. The Hall–Kier alpha value is -7.49. The Morgan fingerprint density at radius 1 is 0.298 bits per heavy atom. The Balaban J connectivity index is 1.05. The number of hydrogen-bond donors (Lipinski definition) is 0. The molecule has 8 aromatic carbocycles. The SMILES string of the molecule is c1ccc(-c2nc(-c3ccc(-c4ccc5c(c4)C4(c6ccccc6-5)c5ccccc5-c5nc(-c6ccccc6)c6ccccc6c54)cc3)nc3ccccc23)cc1. The van der Waals surface area contributed by atoms with Crippen molar-refractivity contribution in [2.75, 3.05) is 0 Å². The van der Waals surface area contributed by atoms with Gasteiger partial charge in [0.25, 0.3) is 0 Å². The summed E-state index contributed by atoms with van der Waals surface area (Å²) in [6.45, 7) is 0. The number of hydrogen-bond acceptors (Lipinski definition) is 3. The Labute approximate surface area is 330 Å². The van der Waals surface area contributed by atoms with Crippen LogP contribution in [0.5, 0.6) is 0 Å². The second-order valence-electron chi connectivity index (χ2n) is 15.1. The summed E-state index contributed by atoms with van der Waals surface area (Å²) in [4.78, 5) is 15.8. The van der Waals surface area contributed by atoms with E-state index < -0.39 is 5.41 Å². The molecule has 2 heterocycles. The van der Waals surface area contributed by atoms with Crippen molar-refractivity contribution in [1.29, 1.82) is 0 Å². The van der Waals surface area contributed by atoms with Crippen LogP contribution in [0.25, 0.3) is 89.1 Å². The van der Waals surface area contributed by atoms with Gasteiger partial charge in [0, 0.05) is 38.6 Å². The van der Waals surface area contributed by atoms with E-state index in [0.29, 0.717) is 0 Å². The van der Waals surface area contributed by atoms with E-state index in [0.717, 1.165) is 56.1 Å². The fourth-order valence-electron chi connectivity index (χ4n) is 9.66. The van der Waals surface area contributed by atoms with Crippen molar-refractivity contribution in [3.63, 3.8) is 0 Å². The zero-order chi connectivity index (χ0) is 37.5. The minimum atomic E-state index is -0.539. The van der Waals surface area contributed by atoms with Gasteiger partial charge >= 0.3 is 0 Å². The monoisotopic (exact) mass is 723 g/mol. The highest BCUT2D eigenvalue weighted by atomic mass is 14.9. The van der Waals surface area contributed by atoms with E-state index in [-0.39, 0.29) is 0 Å². The molecule has 0 saturated heterocycles. The lowest BCUT2D eigenvalue weighted by Crippen LogP contribution is -2.26. The molecule has 1 spiro atoms. The first-order valence-corrected chi connectivity index (χ1v) is 19.5. The smallest absolute Gasteiger partial charge is 0.160 e. The average Bonchev–Trinajstić information content (AvgIpc) is 3.76. The molecule has 12 rings (SSSR count). The Bertz CT molecular complexity index is 3220. The molecule has 0 N–H and O–H groups in total. The molecule has 2 aromatic heterocycles. The molecule has 0 amide bonds. The van der Waals surface area contributed by atoms with Crippen molar-refractivity contribution >= 4 is 21.7 Å². The van der Waals surface area contributed by atoms with Crippen LogP contribution in [0.1, 0.15) is 22.3 Å². The molecule has 0 aliphatic heterocycles. The van der Waals surface area contributed by atoms with Gasteiger partial charge in [-0.1, -0.05) is 188 Å². The molecular formula is C54H33N3. The first-order chi connectivity index (χ1) is 28.3. The van der Waals surface area contributed by atoms with Crippen molar-refractivity contribution in [1.82, 2.24) is 15.0 Å². The summed E-state index contributed by atoms with van der Waals surface area (Å²) in [5.74, 6) is 0.718. The van der Waals surface area contributed by atoms with Gasteiger partial charge in [-0.25, -0.2) is 15.0 Å². The molecule has 0 fully saturated rings. The van der Waals surface area contributed by atoms with Gasteiger partial charge in [-0.05, 0) is 56.5 Å².